The minimum atomic E-state index is -0.690. The Kier molecular flexibility index (Phi) is 4.17. The standard InChI is InChI=1S/C15H13ClFNO/c1-10-7-8-12(9-13(10)17)18-14(15(16)19)11-5-3-2-4-6-11/h2-9,14,18H,1H3. The number of rotatable bonds is 4. The van der Waals surface area contributed by atoms with Gasteiger partial charge >= 0.3 is 0 Å². The van der Waals surface area contributed by atoms with E-state index in [1.807, 2.05) is 18.2 Å². The average Bonchev–Trinajstić information content (AvgIpc) is 2.40. The minimum absolute atomic E-state index is 0.321. The van der Waals surface area contributed by atoms with E-state index < -0.39 is 11.3 Å². The maximum Gasteiger partial charge on any atom is 0.248 e. The van der Waals surface area contributed by atoms with Gasteiger partial charge in [0.05, 0.1) is 0 Å². The zero-order valence-corrected chi connectivity index (χ0v) is 11.1. The van der Waals surface area contributed by atoms with E-state index in [9.17, 15) is 9.18 Å². The summed E-state index contributed by atoms with van der Waals surface area (Å²) in [5.41, 5.74) is 1.81. The van der Waals surface area contributed by atoms with Gasteiger partial charge in [-0.05, 0) is 41.8 Å². The zero-order valence-electron chi connectivity index (χ0n) is 10.4. The monoisotopic (exact) mass is 277 g/mol. The van der Waals surface area contributed by atoms with Gasteiger partial charge in [-0.2, -0.15) is 0 Å². The molecule has 0 heterocycles. The van der Waals surface area contributed by atoms with Gasteiger partial charge in [-0.3, -0.25) is 4.79 Å². The molecule has 0 aromatic heterocycles. The molecule has 2 rings (SSSR count). The lowest BCUT2D eigenvalue weighted by molar-refractivity contribution is -0.112. The van der Waals surface area contributed by atoms with Gasteiger partial charge in [-0.25, -0.2) is 4.39 Å². The molecule has 98 valence electrons. The highest BCUT2D eigenvalue weighted by Gasteiger charge is 2.18. The Morgan fingerprint density at radius 1 is 1.21 bits per heavy atom. The number of carbonyl (C=O) groups excluding carboxylic acids is 1. The van der Waals surface area contributed by atoms with Crippen molar-refractivity contribution in [2.75, 3.05) is 5.32 Å². The summed E-state index contributed by atoms with van der Waals surface area (Å²) in [4.78, 5) is 11.5. The summed E-state index contributed by atoms with van der Waals surface area (Å²) in [5.74, 6) is -0.321. The summed E-state index contributed by atoms with van der Waals surface area (Å²) in [6.45, 7) is 1.68. The van der Waals surface area contributed by atoms with E-state index in [1.54, 1.807) is 31.2 Å². The maximum atomic E-state index is 13.5. The van der Waals surface area contributed by atoms with E-state index in [0.717, 1.165) is 5.56 Å². The molecule has 1 N–H and O–H groups in total. The number of nitrogens with one attached hydrogen (secondary N) is 1. The van der Waals surface area contributed by atoms with Crippen LogP contribution in [0, 0.1) is 12.7 Å². The lowest BCUT2D eigenvalue weighted by atomic mass is 10.1. The Morgan fingerprint density at radius 3 is 2.47 bits per heavy atom. The molecule has 0 saturated carbocycles. The first-order valence-corrected chi connectivity index (χ1v) is 6.22. The van der Waals surface area contributed by atoms with Gasteiger partial charge in [-0.15, -0.1) is 0 Å². The third-order valence-corrected chi connectivity index (χ3v) is 3.06. The van der Waals surface area contributed by atoms with Gasteiger partial charge in [0, 0.05) is 5.69 Å². The number of halogens is 2. The van der Waals surface area contributed by atoms with Crippen molar-refractivity contribution in [3.05, 3.63) is 65.5 Å². The Morgan fingerprint density at radius 2 is 1.89 bits per heavy atom. The van der Waals surface area contributed by atoms with Crippen molar-refractivity contribution in [2.45, 2.75) is 13.0 Å². The fourth-order valence-electron chi connectivity index (χ4n) is 1.77. The van der Waals surface area contributed by atoms with Crippen molar-refractivity contribution >= 4 is 22.5 Å². The normalized spacial score (nSPS) is 11.9. The maximum absolute atomic E-state index is 13.5. The van der Waals surface area contributed by atoms with Crippen LogP contribution in [0.15, 0.2) is 48.5 Å². The van der Waals surface area contributed by atoms with Crippen molar-refractivity contribution in [1.29, 1.82) is 0 Å². The van der Waals surface area contributed by atoms with Gasteiger partial charge in [-0.1, -0.05) is 36.4 Å². The smallest absolute Gasteiger partial charge is 0.248 e. The molecule has 0 amide bonds. The van der Waals surface area contributed by atoms with E-state index in [4.69, 9.17) is 11.6 Å². The largest absolute Gasteiger partial charge is 0.371 e. The van der Waals surface area contributed by atoms with Crippen molar-refractivity contribution in [1.82, 2.24) is 0 Å². The first-order chi connectivity index (χ1) is 9.08. The van der Waals surface area contributed by atoms with E-state index >= 15 is 0 Å². The predicted molar refractivity (Wildman–Crippen MR) is 74.8 cm³/mol. The average molecular weight is 278 g/mol. The molecule has 0 aliphatic carbocycles. The molecule has 2 nitrogen and oxygen atoms in total. The first kappa shape index (κ1) is 13.6. The van der Waals surface area contributed by atoms with Crippen LogP contribution in [0.3, 0.4) is 0 Å². The third-order valence-electron chi connectivity index (χ3n) is 2.84. The van der Waals surface area contributed by atoms with Crippen molar-refractivity contribution in [3.8, 4) is 0 Å². The molecule has 2 aromatic rings. The van der Waals surface area contributed by atoms with Crippen LogP contribution in [-0.4, -0.2) is 5.24 Å². The van der Waals surface area contributed by atoms with Gasteiger partial charge in [0.2, 0.25) is 5.24 Å². The molecule has 0 spiro atoms. The second-order valence-corrected chi connectivity index (χ2v) is 4.63. The van der Waals surface area contributed by atoms with E-state index in [1.165, 1.54) is 6.07 Å². The van der Waals surface area contributed by atoms with Crippen molar-refractivity contribution in [2.24, 2.45) is 0 Å². The molecule has 2 aromatic carbocycles. The molecular weight excluding hydrogens is 265 g/mol. The highest BCUT2D eigenvalue weighted by molar-refractivity contribution is 6.64. The Hall–Kier alpha value is -1.87. The molecule has 0 bridgehead atoms. The number of hydrogen-bond acceptors (Lipinski definition) is 2. The highest BCUT2D eigenvalue weighted by atomic mass is 35.5. The van der Waals surface area contributed by atoms with Crippen molar-refractivity contribution < 1.29 is 9.18 Å². The zero-order chi connectivity index (χ0) is 13.8. The van der Waals surface area contributed by atoms with Crippen LogP contribution in [0.1, 0.15) is 17.2 Å². The second-order valence-electron chi connectivity index (χ2n) is 4.26. The summed E-state index contributed by atoms with van der Waals surface area (Å²) in [7, 11) is 0. The highest BCUT2D eigenvalue weighted by Crippen LogP contribution is 2.23. The summed E-state index contributed by atoms with van der Waals surface area (Å²) in [6, 6.07) is 13.1. The Labute approximate surface area is 116 Å². The number of carbonyl (C=O) groups is 1. The van der Waals surface area contributed by atoms with Gasteiger partial charge in [0.1, 0.15) is 11.9 Å². The molecule has 1 unspecified atom stereocenters. The van der Waals surface area contributed by atoms with Crippen LogP contribution >= 0.6 is 11.6 Å². The number of benzene rings is 2. The molecule has 0 aliphatic rings. The predicted octanol–water partition coefficient (Wildman–Crippen LogP) is 4.05. The summed E-state index contributed by atoms with van der Waals surface area (Å²) in [5, 5.41) is 2.41. The number of anilines is 1. The molecule has 0 radical (unpaired) electrons. The molecule has 19 heavy (non-hydrogen) atoms. The molecule has 1 atom stereocenters. The summed E-state index contributed by atoms with van der Waals surface area (Å²) < 4.78 is 13.5. The van der Waals surface area contributed by atoms with Crippen LogP contribution in [0.2, 0.25) is 0 Å². The van der Waals surface area contributed by atoms with Gasteiger partial charge in [0.25, 0.3) is 0 Å². The molecular formula is C15H13ClFNO. The van der Waals surface area contributed by atoms with Crippen LogP contribution in [0.25, 0.3) is 0 Å². The van der Waals surface area contributed by atoms with Crippen molar-refractivity contribution in [3.63, 3.8) is 0 Å². The van der Waals surface area contributed by atoms with Gasteiger partial charge < -0.3 is 5.32 Å². The van der Waals surface area contributed by atoms with E-state index in [0.29, 0.717) is 11.3 Å². The Bertz CT molecular complexity index is 586. The summed E-state index contributed by atoms with van der Waals surface area (Å²) >= 11 is 5.60. The SMILES string of the molecule is Cc1ccc(NC(C(=O)Cl)c2ccccc2)cc1F. The van der Waals surface area contributed by atoms with Crippen LogP contribution in [0.5, 0.6) is 0 Å². The van der Waals surface area contributed by atoms with E-state index in [2.05, 4.69) is 5.32 Å². The van der Waals surface area contributed by atoms with Crippen LogP contribution in [-0.2, 0) is 4.79 Å². The van der Waals surface area contributed by atoms with Crippen LogP contribution < -0.4 is 5.32 Å². The minimum Gasteiger partial charge on any atom is -0.371 e. The summed E-state index contributed by atoms with van der Waals surface area (Å²) in [6.07, 6.45) is 0. The van der Waals surface area contributed by atoms with Crippen LogP contribution in [0.4, 0.5) is 10.1 Å². The number of aryl methyl sites for hydroxylation is 1. The Balaban J connectivity index is 2.27. The fraction of sp³-hybridized carbons (Fsp3) is 0.133. The topological polar surface area (TPSA) is 29.1 Å². The molecule has 0 fully saturated rings. The first-order valence-electron chi connectivity index (χ1n) is 5.85. The molecule has 4 heteroatoms. The van der Waals surface area contributed by atoms with E-state index in [-0.39, 0.29) is 5.82 Å². The van der Waals surface area contributed by atoms with Gasteiger partial charge in [0.15, 0.2) is 0 Å². The quantitative estimate of drug-likeness (QED) is 0.854. The molecule has 0 saturated heterocycles. The third kappa shape index (κ3) is 3.32. The fourth-order valence-corrected chi connectivity index (χ4v) is 1.95. The molecule has 0 aliphatic heterocycles. The second kappa shape index (κ2) is 5.85. The lowest BCUT2D eigenvalue weighted by Gasteiger charge is -2.16. The number of hydrogen-bond donors (Lipinski definition) is 1. The lowest BCUT2D eigenvalue weighted by Crippen LogP contribution is -2.17.